The number of rotatable bonds is 3. The van der Waals surface area contributed by atoms with Gasteiger partial charge < -0.3 is 9.52 Å². The molecule has 0 radical (unpaired) electrons. The monoisotopic (exact) mass is 188 g/mol. The average molecular weight is 188 g/mol. The van der Waals surface area contributed by atoms with Gasteiger partial charge in [-0.15, -0.1) is 10.2 Å². The van der Waals surface area contributed by atoms with Gasteiger partial charge in [0, 0.05) is 0 Å². The number of hydrogen-bond acceptors (Lipinski definition) is 5. The van der Waals surface area contributed by atoms with Crippen LogP contribution < -0.4 is 0 Å². The van der Waals surface area contributed by atoms with Crippen LogP contribution in [0.5, 0.6) is 0 Å². The molecule has 0 aromatic carbocycles. The van der Waals surface area contributed by atoms with E-state index >= 15 is 0 Å². The zero-order valence-electron chi connectivity index (χ0n) is 7.11. The lowest BCUT2D eigenvalue weighted by atomic mass is 9.98. The third kappa shape index (κ3) is 1.61. The van der Waals surface area contributed by atoms with Crippen LogP contribution in [0.1, 0.15) is 32.6 Å². The van der Waals surface area contributed by atoms with Crippen molar-refractivity contribution in [3.8, 4) is 0 Å². The highest BCUT2D eigenvalue weighted by molar-refractivity contribution is 7.80. The first kappa shape index (κ1) is 9.54. The van der Waals surface area contributed by atoms with Gasteiger partial charge in [-0.3, -0.25) is 0 Å². The van der Waals surface area contributed by atoms with Crippen LogP contribution >= 0.6 is 12.6 Å². The second-order valence-electron chi connectivity index (χ2n) is 2.63. The summed E-state index contributed by atoms with van der Waals surface area (Å²) < 4.78 is 5.02. The SMILES string of the molecule is CCC(O)(CC)c1nnc(S)o1. The second-order valence-corrected chi connectivity index (χ2v) is 3.01. The molecule has 1 N–H and O–H groups in total. The fourth-order valence-corrected chi connectivity index (χ4v) is 1.09. The van der Waals surface area contributed by atoms with Crippen LogP contribution in [0.25, 0.3) is 0 Å². The van der Waals surface area contributed by atoms with E-state index in [9.17, 15) is 5.11 Å². The first-order chi connectivity index (χ1) is 5.62. The number of hydrogen-bond donors (Lipinski definition) is 2. The lowest BCUT2D eigenvalue weighted by Gasteiger charge is -2.19. The summed E-state index contributed by atoms with van der Waals surface area (Å²) in [7, 11) is 0. The minimum atomic E-state index is -0.992. The molecule has 0 fully saturated rings. The van der Waals surface area contributed by atoms with E-state index in [1.54, 1.807) is 0 Å². The molecule has 1 heterocycles. The van der Waals surface area contributed by atoms with E-state index in [4.69, 9.17) is 4.42 Å². The molecule has 0 amide bonds. The van der Waals surface area contributed by atoms with Gasteiger partial charge in [0.2, 0.25) is 5.89 Å². The minimum Gasteiger partial charge on any atom is -0.413 e. The molecule has 1 aromatic heterocycles. The maximum absolute atomic E-state index is 9.88. The lowest BCUT2D eigenvalue weighted by molar-refractivity contribution is -0.00113. The Bertz CT molecular complexity index is 258. The van der Waals surface area contributed by atoms with Gasteiger partial charge in [0.05, 0.1) is 0 Å². The smallest absolute Gasteiger partial charge is 0.273 e. The van der Waals surface area contributed by atoms with Crippen molar-refractivity contribution in [1.29, 1.82) is 0 Å². The van der Waals surface area contributed by atoms with Gasteiger partial charge in [-0.05, 0) is 12.8 Å². The molecule has 12 heavy (non-hydrogen) atoms. The fourth-order valence-electron chi connectivity index (χ4n) is 0.956. The van der Waals surface area contributed by atoms with E-state index in [0.717, 1.165) is 0 Å². The Labute approximate surface area is 76.4 Å². The Morgan fingerprint density at radius 1 is 1.42 bits per heavy atom. The topological polar surface area (TPSA) is 59.2 Å². The first-order valence-electron chi connectivity index (χ1n) is 3.87. The van der Waals surface area contributed by atoms with Crippen LogP contribution in [0.15, 0.2) is 9.64 Å². The molecule has 5 heteroatoms. The van der Waals surface area contributed by atoms with E-state index in [2.05, 4.69) is 22.8 Å². The van der Waals surface area contributed by atoms with E-state index in [0.29, 0.717) is 12.8 Å². The zero-order chi connectivity index (χ0) is 9.19. The fraction of sp³-hybridized carbons (Fsp3) is 0.714. The first-order valence-corrected chi connectivity index (χ1v) is 4.32. The molecule has 0 saturated heterocycles. The maximum Gasteiger partial charge on any atom is 0.273 e. The molecule has 68 valence electrons. The van der Waals surface area contributed by atoms with Crippen molar-refractivity contribution in [2.75, 3.05) is 0 Å². The zero-order valence-corrected chi connectivity index (χ0v) is 8.01. The molecule has 1 aromatic rings. The van der Waals surface area contributed by atoms with Gasteiger partial charge in [-0.25, -0.2) is 0 Å². The third-order valence-corrected chi connectivity index (χ3v) is 2.16. The third-order valence-electron chi connectivity index (χ3n) is 1.98. The summed E-state index contributed by atoms with van der Waals surface area (Å²) >= 11 is 3.86. The van der Waals surface area contributed by atoms with Crippen molar-refractivity contribution >= 4 is 12.6 Å². The highest BCUT2D eigenvalue weighted by atomic mass is 32.1. The van der Waals surface area contributed by atoms with Crippen molar-refractivity contribution in [3.63, 3.8) is 0 Å². The van der Waals surface area contributed by atoms with Crippen molar-refractivity contribution < 1.29 is 9.52 Å². The predicted octanol–water partition coefficient (Wildman–Crippen LogP) is 1.37. The number of nitrogens with zero attached hydrogens (tertiary/aromatic N) is 2. The van der Waals surface area contributed by atoms with Crippen molar-refractivity contribution in [2.24, 2.45) is 0 Å². The van der Waals surface area contributed by atoms with Crippen LogP contribution in [-0.4, -0.2) is 15.3 Å². The summed E-state index contributed by atoms with van der Waals surface area (Å²) in [6, 6.07) is 0. The Kier molecular flexibility index (Phi) is 2.74. The van der Waals surface area contributed by atoms with E-state index in [1.165, 1.54) is 0 Å². The molecule has 0 atom stereocenters. The Morgan fingerprint density at radius 3 is 2.33 bits per heavy atom. The van der Waals surface area contributed by atoms with Crippen LogP contribution in [0.3, 0.4) is 0 Å². The molecular weight excluding hydrogens is 176 g/mol. The van der Waals surface area contributed by atoms with E-state index in [1.807, 2.05) is 13.8 Å². The summed E-state index contributed by atoms with van der Waals surface area (Å²) in [5, 5.41) is 17.3. The van der Waals surface area contributed by atoms with Gasteiger partial charge in [0.15, 0.2) is 0 Å². The van der Waals surface area contributed by atoms with E-state index < -0.39 is 5.60 Å². The molecule has 0 bridgehead atoms. The number of aromatic nitrogens is 2. The van der Waals surface area contributed by atoms with Crippen LogP contribution in [0, 0.1) is 0 Å². The van der Waals surface area contributed by atoms with E-state index in [-0.39, 0.29) is 11.1 Å². The van der Waals surface area contributed by atoms with Gasteiger partial charge in [0.25, 0.3) is 5.22 Å². The summed E-state index contributed by atoms with van der Waals surface area (Å²) in [6.07, 6.45) is 1.11. The molecule has 0 aliphatic heterocycles. The normalized spacial score (nSPS) is 12.0. The molecule has 0 saturated carbocycles. The molecule has 0 aliphatic carbocycles. The number of thiol groups is 1. The largest absolute Gasteiger partial charge is 0.413 e. The second kappa shape index (κ2) is 3.45. The van der Waals surface area contributed by atoms with Gasteiger partial charge in [-0.2, -0.15) is 0 Å². The predicted molar refractivity (Wildman–Crippen MR) is 46.0 cm³/mol. The van der Waals surface area contributed by atoms with Crippen molar-refractivity contribution in [2.45, 2.75) is 37.5 Å². The molecule has 1 rings (SSSR count). The Balaban J connectivity index is 2.94. The summed E-state index contributed by atoms with van der Waals surface area (Å²) in [6.45, 7) is 3.73. The van der Waals surface area contributed by atoms with Gasteiger partial charge in [-0.1, -0.05) is 26.5 Å². The van der Waals surface area contributed by atoms with Crippen LogP contribution in [0.2, 0.25) is 0 Å². The maximum atomic E-state index is 9.88. The lowest BCUT2D eigenvalue weighted by Crippen LogP contribution is -2.23. The van der Waals surface area contributed by atoms with Crippen molar-refractivity contribution in [3.05, 3.63) is 5.89 Å². The van der Waals surface area contributed by atoms with Crippen LogP contribution in [0.4, 0.5) is 0 Å². The molecule has 0 unspecified atom stereocenters. The standard InChI is InChI=1S/C7H12N2O2S/c1-3-7(10,4-2)5-8-9-6(12)11-5/h10H,3-4H2,1-2H3,(H,9,12). The molecular formula is C7H12N2O2S. The quantitative estimate of drug-likeness (QED) is 0.703. The molecule has 0 aliphatic rings. The molecule has 0 spiro atoms. The highest BCUT2D eigenvalue weighted by Gasteiger charge is 2.30. The van der Waals surface area contributed by atoms with Crippen molar-refractivity contribution in [1.82, 2.24) is 10.2 Å². The van der Waals surface area contributed by atoms with Gasteiger partial charge >= 0.3 is 0 Å². The number of aliphatic hydroxyl groups is 1. The van der Waals surface area contributed by atoms with Crippen LogP contribution in [-0.2, 0) is 5.60 Å². The summed E-state index contributed by atoms with van der Waals surface area (Å²) in [5.74, 6) is 0.248. The average Bonchev–Trinajstić information content (AvgIpc) is 2.51. The molecule has 4 nitrogen and oxygen atoms in total. The van der Waals surface area contributed by atoms with Gasteiger partial charge in [0.1, 0.15) is 5.60 Å². The highest BCUT2D eigenvalue weighted by Crippen LogP contribution is 2.27. The minimum absolute atomic E-state index is 0.185. The Hall–Kier alpha value is -0.550. The summed E-state index contributed by atoms with van der Waals surface area (Å²) in [5.41, 5.74) is -0.992. The summed E-state index contributed by atoms with van der Waals surface area (Å²) in [4.78, 5) is 0. The Morgan fingerprint density at radius 2 is 2.00 bits per heavy atom.